The summed E-state index contributed by atoms with van der Waals surface area (Å²) in [5, 5.41) is 9.23. The Kier molecular flexibility index (Phi) is 5.00. The molecular formula is C19H21N3O3. The highest BCUT2D eigenvalue weighted by Gasteiger charge is 2.14. The fourth-order valence-corrected chi connectivity index (χ4v) is 3.05. The number of hydrogen-bond acceptors (Lipinski definition) is 3. The van der Waals surface area contributed by atoms with E-state index in [-0.39, 0.29) is 11.3 Å². The van der Waals surface area contributed by atoms with Crippen LogP contribution in [0.5, 0.6) is 0 Å². The van der Waals surface area contributed by atoms with Crippen LogP contribution in [-0.4, -0.2) is 39.1 Å². The van der Waals surface area contributed by atoms with Gasteiger partial charge in [0, 0.05) is 13.1 Å². The molecule has 3 rings (SSSR count). The maximum atomic E-state index is 12.2. The van der Waals surface area contributed by atoms with E-state index in [9.17, 15) is 14.7 Å². The summed E-state index contributed by atoms with van der Waals surface area (Å²) in [4.78, 5) is 28.3. The number of para-hydroxylation sites is 1. The third kappa shape index (κ3) is 3.80. The number of hydrogen-bond donors (Lipinski definition) is 2. The van der Waals surface area contributed by atoms with Crippen LogP contribution in [-0.2, 0) is 13.1 Å². The van der Waals surface area contributed by atoms with Gasteiger partial charge in [-0.3, -0.25) is 4.57 Å². The molecule has 0 aliphatic rings. The fourth-order valence-electron chi connectivity index (χ4n) is 3.05. The van der Waals surface area contributed by atoms with Crippen molar-refractivity contribution in [2.24, 2.45) is 0 Å². The molecule has 3 aromatic rings. The molecule has 6 nitrogen and oxygen atoms in total. The minimum absolute atomic E-state index is 0.120. The van der Waals surface area contributed by atoms with E-state index in [1.165, 1.54) is 11.6 Å². The normalized spacial score (nSPS) is 11.3. The molecule has 0 fully saturated rings. The highest BCUT2D eigenvalue weighted by atomic mass is 16.4. The standard InChI is InChI=1S/C19H21N3O3/c1-21(13-14-7-3-2-4-8-14)11-6-12-22-16-10-5-9-15(18(23)24)17(16)20-19(22)25/h2-5,7-10H,6,11-13H2,1H3,(H,20,25)(H,23,24). The predicted octanol–water partition coefficient (Wildman–Crippen LogP) is 2.55. The number of carbonyl (C=O) groups is 1. The Balaban J connectivity index is 1.67. The van der Waals surface area contributed by atoms with E-state index in [2.05, 4.69) is 22.0 Å². The number of H-pyrrole nitrogens is 1. The number of carboxylic acids is 1. The number of nitrogens with one attached hydrogen (secondary N) is 1. The lowest BCUT2D eigenvalue weighted by molar-refractivity contribution is 0.0699. The molecule has 130 valence electrons. The molecule has 0 spiro atoms. The summed E-state index contributed by atoms with van der Waals surface area (Å²) in [6.07, 6.45) is 0.799. The smallest absolute Gasteiger partial charge is 0.337 e. The summed E-state index contributed by atoms with van der Waals surface area (Å²) in [6.45, 7) is 2.24. The number of fused-ring (bicyclic) bond motifs is 1. The molecule has 0 amide bonds. The van der Waals surface area contributed by atoms with E-state index < -0.39 is 5.97 Å². The Bertz CT molecular complexity index is 928. The van der Waals surface area contributed by atoms with E-state index in [1.54, 1.807) is 16.7 Å². The third-order valence-electron chi connectivity index (χ3n) is 4.26. The van der Waals surface area contributed by atoms with Crippen LogP contribution in [0.15, 0.2) is 53.3 Å². The zero-order valence-electron chi connectivity index (χ0n) is 14.1. The molecule has 25 heavy (non-hydrogen) atoms. The molecule has 0 saturated heterocycles. The lowest BCUT2D eigenvalue weighted by Gasteiger charge is -2.16. The zero-order chi connectivity index (χ0) is 17.8. The number of benzene rings is 2. The van der Waals surface area contributed by atoms with Gasteiger partial charge in [-0.1, -0.05) is 36.4 Å². The molecule has 0 aliphatic carbocycles. The minimum Gasteiger partial charge on any atom is -0.478 e. The number of aromatic nitrogens is 2. The summed E-state index contributed by atoms with van der Waals surface area (Å²) in [5.74, 6) is -1.04. The van der Waals surface area contributed by atoms with E-state index in [0.29, 0.717) is 17.6 Å². The van der Waals surface area contributed by atoms with Crippen molar-refractivity contribution >= 4 is 17.0 Å². The number of imidazole rings is 1. The third-order valence-corrected chi connectivity index (χ3v) is 4.26. The Morgan fingerprint density at radius 3 is 2.64 bits per heavy atom. The monoisotopic (exact) mass is 339 g/mol. The highest BCUT2D eigenvalue weighted by Crippen LogP contribution is 2.16. The van der Waals surface area contributed by atoms with Gasteiger partial charge in [0.2, 0.25) is 0 Å². The topological polar surface area (TPSA) is 78.3 Å². The second kappa shape index (κ2) is 7.36. The first-order valence-electron chi connectivity index (χ1n) is 8.23. The van der Waals surface area contributed by atoms with Crippen LogP contribution in [0.2, 0.25) is 0 Å². The predicted molar refractivity (Wildman–Crippen MR) is 96.9 cm³/mol. The molecule has 1 aromatic heterocycles. The van der Waals surface area contributed by atoms with Crippen LogP contribution >= 0.6 is 0 Å². The maximum Gasteiger partial charge on any atom is 0.337 e. The van der Waals surface area contributed by atoms with Gasteiger partial charge in [0.1, 0.15) is 0 Å². The molecule has 0 bridgehead atoms. The van der Waals surface area contributed by atoms with Gasteiger partial charge in [0.15, 0.2) is 0 Å². The lowest BCUT2D eigenvalue weighted by Crippen LogP contribution is -2.23. The van der Waals surface area contributed by atoms with Crippen molar-refractivity contribution in [1.82, 2.24) is 14.5 Å². The van der Waals surface area contributed by atoms with Crippen molar-refractivity contribution < 1.29 is 9.90 Å². The van der Waals surface area contributed by atoms with Crippen LogP contribution in [0.1, 0.15) is 22.3 Å². The van der Waals surface area contributed by atoms with Crippen LogP contribution in [0.4, 0.5) is 0 Å². The summed E-state index contributed by atoms with van der Waals surface area (Å²) >= 11 is 0. The quantitative estimate of drug-likeness (QED) is 0.693. The van der Waals surface area contributed by atoms with Crippen molar-refractivity contribution in [2.45, 2.75) is 19.5 Å². The molecule has 0 atom stereocenters. The Hall–Kier alpha value is -2.86. The molecule has 6 heteroatoms. The van der Waals surface area contributed by atoms with Crippen molar-refractivity contribution in [3.8, 4) is 0 Å². The fraction of sp³-hybridized carbons (Fsp3) is 0.263. The van der Waals surface area contributed by atoms with Gasteiger partial charge in [0.05, 0.1) is 16.6 Å². The number of aromatic amines is 1. The van der Waals surface area contributed by atoms with Crippen LogP contribution in [0.3, 0.4) is 0 Å². The summed E-state index contributed by atoms with van der Waals surface area (Å²) in [6, 6.07) is 15.2. The van der Waals surface area contributed by atoms with Gasteiger partial charge < -0.3 is 15.0 Å². The van der Waals surface area contributed by atoms with Crippen molar-refractivity contribution in [3.05, 3.63) is 70.1 Å². The van der Waals surface area contributed by atoms with Gasteiger partial charge in [-0.25, -0.2) is 9.59 Å². The molecule has 0 unspecified atom stereocenters. The van der Waals surface area contributed by atoms with Crippen molar-refractivity contribution in [1.29, 1.82) is 0 Å². The van der Waals surface area contributed by atoms with Crippen LogP contribution in [0.25, 0.3) is 11.0 Å². The first-order chi connectivity index (χ1) is 12.1. The Morgan fingerprint density at radius 2 is 1.92 bits per heavy atom. The summed E-state index contributed by atoms with van der Waals surface area (Å²) in [7, 11) is 2.05. The van der Waals surface area contributed by atoms with E-state index in [1.807, 2.05) is 25.2 Å². The van der Waals surface area contributed by atoms with Gasteiger partial charge in [-0.2, -0.15) is 0 Å². The lowest BCUT2D eigenvalue weighted by atomic mass is 10.2. The Labute approximate surface area is 145 Å². The molecular weight excluding hydrogens is 318 g/mol. The second-order valence-electron chi connectivity index (χ2n) is 6.16. The number of rotatable bonds is 7. The number of aryl methyl sites for hydroxylation is 1. The van der Waals surface area contributed by atoms with Crippen LogP contribution < -0.4 is 5.69 Å². The number of nitrogens with zero attached hydrogens (tertiary/aromatic N) is 2. The largest absolute Gasteiger partial charge is 0.478 e. The van der Waals surface area contributed by atoms with Crippen molar-refractivity contribution in [2.75, 3.05) is 13.6 Å². The molecule has 0 radical (unpaired) electrons. The first-order valence-corrected chi connectivity index (χ1v) is 8.23. The summed E-state index contributed by atoms with van der Waals surface area (Å²) in [5.41, 5.74) is 2.12. The van der Waals surface area contributed by atoms with Gasteiger partial charge in [-0.15, -0.1) is 0 Å². The molecule has 0 aliphatic heterocycles. The highest BCUT2D eigenvalue weighted by molar-refractivity contribution is 6.00. The van der Waals surface area contributed by atoms with Gasteiger partial charge in [-0.05, 0) is 37.7 Å². The van der Waals surface area contributed by atoms with Crippen LogP contribution in [0, 0.1) is 0 Å². The van der Waals surface area contributed by atoms with E-state index >= 15 is 0 Å². The average molecular weight is 339 g/mol. The zero-order valence-corrected chi connectivity index (χ0v) is 14.1. The Morgan fingerprint density at radius 1 is 1.16 bits per heavy atom. The average Bonchev–Trinajstić information content (AvgIpc) is 2.91. The minimum atomic E-state index is -1.04. The maximum absolute atomic E-state index is 12.2. The SMILES string of the molecule is CN(CCCn1c(=O)[nH]c2c(C(=O)O)cccc21)Cc1ccccc1. The number of carboxylic acid groups (broad SMARTS) is 1. The summed E-state index contributed by atoms with van der Waals surface area (Å²) < 4.78 is 1.61. The molecule has 2 N–H and O–H groups in total. The molecule has 0 saturated carbocycles. The first kappa shape index (κ1) is 17.0. The van der Waals surface area contributed by atoms with Gasteiger partial charge >= 0.3 is 11.7 Å². The second-order valence-corrected chi connectivity index (χ2v) is 6.16. The number of aromatic carboxylic acids is 1. The van der Waals surface area contributed by atoms with E-state index in [4.69, 9.17) is 0 Å². The van der Waals surface area contributed by atoms with Gasteiger partial charge in [0.25, 0.3) is 0 Å². The molecule has 1 heterocycles. The van der Waals surface area contributed by atoms with Crippen molar-refractivity contribution in [3.63, 3.8) is 0 Å². The molecule has 2 aromatic carbocycles. The van der Waals surface area contributed by atoms with E-state index in [0.717, 1.165) is 19.5 Å².